The lowest BCUT2D eigenvalue weighted by Crippen LogP contribution is -2.57. The molecule has 1 unspecified atom stereocenters. The average molecular weight is 572 g/mol. The third-order valence-corrected chi connectivity index (χ3v) is 9.14. The lowest BCUT2D eigenvalue weighted by molar-refractivity contribution is -0.295. The Kier molecular flexibility index (Phi) is 14.0. The van der Waals surface area contributed by atoms with E-state index in [4.69, 9.17) is 18.9 Å². The van der Waals surface area contributed by atoms with Gasteiger partial charge in [0.2, 0.25) is 0 Å². The van der Waals surface area contributed by atoms with Crippen LogP contribution in [-0.2, 0) is 28.5 Å². The number of esters is 1. The molecule has 0 radical (unpaired) electrons. The van der Waals surface area contributed by atoms with E-state index in [1.165, 1.54) is 0 Å². The van der Waals surface area contributed by atoms with Gasteiger partial charge in [-0.1, -0.05) is 27.7 Å². The van der Waals surface area contributed by atoms with E-state index < -0.39 is 54.3 Å². The van der Waals surface area contributed by atoms with Crippen LogP contribution in [0.3, 0.4) is 0 Å². The van der Waals surface area contributed by atoms with Crippen molar-refractivity contribution in [2.75, 3.05) is 20.2 Å². The molecule has 40 heavy (non-hydrogen) atoms. The number of carbonyl (C=O) groups excluding carboxylic acids is 2. The summed E-state index contributed by atoms with van der Waals surface area (Å²) in [4.78, 5) is 28.2. The Morgan fingerprint density at radius 3 is 2.35 bits per heavy atom. The topological polar surface area (TPSA) is 115 Å². The normalized spacial score (nSPS) is 43.4. The van der Waals surface area contributed by atoms with E-state index in [9.17, 15) is 19.8 Å². The number of carbonyl (C=O) groups is 2. The number of methoxy groups -OCH3 is 1. The second-order valence-corrected chi connectivity index (χ2v) is 12.8. The molecule has 2 saturated heterocycles. The van der Waals surface area contributed by atoms with Crippen LogP contribution in [0.2, 0.25) is 0 Å². The zero-order chi connectivity index (χ0) is 30.2. The average Bonchev–Trinajstić information content (AvgIpc) is 2.91. The fraction of sp³-hybridized carbons (Fsp3) is 0.935. The molecule has 9 heteroatoms. The lowest BCUT2D eigenvalue weighted by atomic mass is 9.83. The minimum atomic E-state index is -0.868. The number of rotatable bonds is 7. The van der Waals surface area contributed by atoms with Crippen LogP contribution in [0.15, 0.2) is 0 Å². The van der Waals surface area contributed by atoms with Gasteiger partial charge in [0.25, 0.3) is 0 Å². The summed E-state index contributed by atoms with van der Waals surface area (Å²) in [5.41, 5.74) is -0.868. The Morgan fingerprint density at radius 1 is 1.10 bits per heavy atom. The van der Waals surface area contributed by atoms with Crippen molar-refractivity contribution in [3.05, 3.63) is 0 Å². The number of aldehydes is 1. The van der Waals surface area contributed by atoms with Gasteiger partial charge in [-0.2, -0.15) is 0 Å². The van der Waals surface area contributed by atoms with Crippen LogP contribution in [0.25, 0.3) is 0 Å². The van der Waals surface area contributed by atoms with Gasteiger partial charge in [-0.3, -0.25) is 4.79 Å². The van der Waals surface area contributed by atoms with Crippen LogP contribution >= 0.6 is 0 Å². The lowest BCUT2D eigenvalue weighted by Gasteiger charge is -2.45. The minimum absolute atomic E-state index is 0.168. The zero-order valence-electron chi connectivity index (χ0n) is 26.4. The maximum Gasteiger partial charge on any atom is 0.311 e. The minimum Gasteiger partial charge on any atom is -0.459 e. The number of aliphatic hydroxyl groups is 2. The van der Waals surface area contributed by atoms with Crippen molar-refractivity contribution < 1.29 is 38.7 Å². The first-order valence-electron chi connectivity index (χ1n) is 15.4. The molecule has 234 valence electrons. The Labute approximate surface area is 242 Å². The molecule has 2 rings (SSSR count). The number of hydrogen-bond acceptors (Lipinski definition) is 9. The number of cyclic esters (lactones) is 1. The van der Waals surface area contributed by atoms with Crippen LogP contribution in [0.5, 0.6) is 0 Å². The van der Waals surface area contributed by atoms with E-state index in [1.54, 1.807) is 21.0 Å². The summed E-state index contributed by atoms with van der Waals surface area (Å²) in [6.07, 6.45) is 0.538. The maximum atomic E-state index is 13.5. The van der Waals surface area contributed by atoms with Gasteiger partial charge in [0.1, 0.15) is 18.5 Å². The van der Waals surface area contributed by atoms with Gasteiger partial charge < -0.3 is 38.9 Å². The quantitative estimate of drug-likeness (QED) is 0.346. The third-order valence-electron chi connectivity index (χ3n) is 9.14. The molecule has 2 N–H and O–H groups in total. The van der Waals surface area contributed by atoms with Crippen molar-refractivity contribution in [3.63, 3.8) is 0 Å². The second kappa shape index (κ2) is 15.9. The fourth-order valence-corrected chi connectivity index (χ4v) is 6.56. The molecule has 2 aliphatic rings. The van der Waals surface area contributed by atoms with E-state index in [1.807, 2.05) is 20.8 Å². The van der Waals surface area contributed by atoms with Crippen LogP contribution in [0.1, 0.15) is 93.9 Å². The molecule has 2 aliphatic heterocycles. The Bertz CT molecular complexity index is 782. The molecule has 0 aromatic carbocycles. The summed E-state index contributed by atoms with van der Waals surface area (Å²) in [5, 5.41) is 21.7. The van der Waals surface area contributed by atoms with Crippen LogP contribution in [0.4, 0.5) is 0 Å². The molecule has 9 nitrogen and oxygen atoms in total. The molecule has 0 aromatic heterocycles. The van der Waals surface area contributed by atoms with E-state index >= 15 is 0 Å². The van der Waals surface area contributed by atoms with Crippen molar-refractivity contribution in [3.8, 4) is 0 Å². The Morgan fingerprint density at radius 2 is 1.77 bits per heavy atom. The van der Waals surface area contributed by atoms with E-state index in [2.05, 4.69) is 25.7 Å². The molecule has 12 atom stereocenters. The molecular weight excluding hydrogens is 514 g/mol. The highest BCUT2D eigenvalue weighted by molar-refractivity contribution is 5.73. The molecule has 0 bridgehead atoms. The van der Waals surface area contributed by atoms with Crippen LogP contribution < -0.4 is 0 Å². The van der Waals surface area contributed by atoms with Gasteiger partial charge in [0.15, 0.2) is 6.29 Å². The first-order chi connectivity index (χ1) is 18.8. The third kappa shape index (κ3) is 9.20. The Hall–Kier alpha value is -1.10. The summed E-state index contributed by atoms with van der Waals surface area (Å²) in [6, 6.07) is 0.190. The van der Waals surface area contributed by atoms with Gasteiger partial charge in [0, 0.05) is 32.0 Å². The van der Waals surface area contributed by atoms with Crippen molar-refractivity contribution in [1.82, 2.24) is 4.90 Å². The number of ether oxygens (including phenoxy) is 4. The highest BCUT2D eigenvalue weighted by Gasteiger charge is 2.47. The molecule has 0 spiro atoms. The van der Waals surface area contributed by atoms with Gasteiger partial charge in [0.05, 0.1) is 29.8 Å². The summed E-state index contributed by atoms with van der Waals surface area (Å²) in [6.45, 7) is 17.5. The monoisotopic (exact) mass is 571 g/mol. The van der Waals surface area contributed by atoms with Gasteiger partial charge in [-0.15, -0.1) is 0 Å². The molecule has 0 aromatic rings. The second-order valence-electron chi connectivity index (χ2n) is 12.8. The summed E-state index contributed by atoms with van der Waals surface area (Å²) in [7, 11) is 1.56. The maximum absolute atomic E-state index is 13.5. The van der Waals surface area contributed by atoms with Crippen LogP contribution in [0, 0.1) is 23.7 Å². The summed E-state index contributed by atoms with van der Waals surface area (Å²) < 4.78 is 24.1. The van der Waals surface area contributed by atoms with E-state index in [0.29, 0.717) is 25.7 Å². The largest absolute Gasteiger partial charge is 0.459 e. The highest BCUT2D eigenvalue weighted by Crippen LogP contribution is 2.36. The molecule has 0 amide bonds. The standard InChI is InChI=1S/C31H57NO8/c1-10-12-32-17-19(3)13-25(34)26(11-2)39-30(36)22(6)28(20(4)14-24(18-33)15-21(32)5)40-27-16-31(8,37-9)29(35)23(7)38-27/h18-29,34-35H,10-17H2,1-9H3/t19-,20+,21+,22?,23-,24+,25-,26+,27-,28+,29-,31+/m0/s1. The van der Waals surface area contributed by atoms with Gasteiger partial charge >= 0.3 is 5.97 Å². The summed E-state index contributed by atoms with van der Waals surface area (Å²) >= 11 is 0. The zero-order valence-corrected chi connectivity index (χ0v) is 26.4. The summed E-state index contributed by atoms with van der Waals surface area (Å²) in [5.74, 6) is -1.28. The first kappa shape index (κ1) is 35.1. The number of nitrogens with zero attached hydrogens (tertiary/aromatic N) is 1. The molecule has 2 heterocycles. The fourth-order valence-electron chi connectivity index (χ4n) is 6.56. The highest BCUT2D eigenvalue weighted by atomic mass is 16.7. The molecule has 0 saturated carbocycles. The van der Waals surface area contributed by atoms with Crippen molar-refractivity contribution >= 4 is 12.3 Å². The molecular formula is C31H57NO8. The van der Waals surface area contributed by atoms with Crippen molar-refractivity contribution in [2.45, 2.75) is 142 Å². The van der Waals surface area contributed by atoms with Crippen molar-refractivity contribution in [2.24, 2.45) is 23.7 Å². The predicted octanol–water partition coefficient (Wildman–Crippen LogP) is 3.96. The Balaban J connectivity index is 2.40. The molecule has 2 fully saturated rings. The van der Waals surface area contributed by atoms with Crippen LogP contribution in [-0.4, -0.2) is 96.0 Å². The van der Waals surface area contributed by atoms with Gasteiger partial charge in [-0.05, 0) is 78.2 Å². The van der Waals surface area contributed by atoms with Crippen molar-refractivity contribution in [1.29, 1.82) is 0 Å². The SMILES string of the molecule is CCCN1C[C@@H](C)C[C@H](O)[C@@H](CC)OC(=O)C(C)[C@H](O[C@H]2C[C@@](C)(OC)[C@@H](O)[C@H](C)O2)[C@H](C)C[C@@H](C=O)C[C@H]1C. The van der Waals surface area contributed by atoms with Gasteiger partial charge in [-0.25, -0.2) is 0 Å². The smallest absolute Gasteiger partial charge is 0.311 e. The molecule has 0 aliphatic carbocycles. The van der Waals surface area contributed by atoms with E-state index in [0.717, 1.165) is 25.8 Å². The van der Waals surface area contributed by atoms with E-state index in [-0.39, 0.29) is 30.2 Å². The first-order valence-corrected chi connectivity index (χ1v) is 15.4. The number of hydrogen-bond donors (Lipinski definition) is 2. The number of aliphatic hydroxyl groups excluding tert-OH is 2. The predicted molar refractivity (Wildman–Crippen MR) is 154 cm³/mol.